The lowest BCUT2D eigenvalue weighted by Gasteiger charge is -2.26. The van der Waals surface area contributed by atoms with Gasteiger partial charge in [-0.05, 0) is 80.3 Å². The predicted octanol–water partition coefficient (Wildman–Crippen LogP) is 3.84. The first-order valence-electron chi connectivity index (χ1n) is 15.6. The molecule has 3 rings (SSSR count). The van der Waals surface area contributed by atoms with E-state index in [2.05, 4.69) is 21.3 Å². The third kappa shape index (κ3) is 11.7. The number of anilines is 1. The molecule has 12 nitrogen and oxygen atoms in total. The largest absolute Gasteiger partial charge is 0.445 e. The maximum Gasteiger partial charge on any atom is 0.408 e. The molecule has 0 radical (unpaired) electrons. The van der Waals surface area contributed by atoms with Crippen LogP contribution >= 0.6 is 11.8 Å². The van der Waals surface area contributed by atoms with Gasteiger partial charge in [0.1, 0.15) is 30.3 Å². The van der Waals surface area contributed by atoms with Crippen LogP contribution in [0.1, 0.15) is 50.7 Å². The number of carbonyl (C=O) groups excluding carboxylic acids is 4. The molecule has 3 aromatic rings. The number of fused-ring (bicyclic) bond motifs is 1. The van der Waals surface area contributed by atoms with Crippen molar-refractivity contribution >= 4 is 52.2 Å². The monoisotopic (exact) mass is 667 g/mol. The minimum absolute atomic E-state index is 0.0377. The van der Waals surface area contributed by atoms with Crippen molar-refractivity contribution in [2.24, 2.45) is 11.7 Å². The molecule has 4 amide bonds. The summed E-state index contributed by atoms with van der Waals surface area (Å²) in [7, 11) is 0. The molecule has 254 valence electrons. The van der Waals surface area contributed by atoms with Gasteiger partial charge in [-0.3, -0.25) is 14.4 Å². The van der Waals surface area contributed by atoms with E-state index in [0.717, 1.165) is 16.5 Å². The fraction of sp³-hybridized carbons (Fsp3) is 0.441. The number of unbranched alkanes of at least 4 members (excludes halogenated alkanes) is 1. The molecule has 0 aliphatic carbocycles. The average Bonchev–Trinajstić information content (AvgIpc) is 3.04. The van der Waals surface area contributed by atoms with E-state index >= 15 is 0 Å². The number of thioether (sulfide) groups is 1. The van der Waals surface area contributed by atoms with Crippen molar-refractivity contribution < 1.29 is 28.3 Å². The van der Waals surface area contributed by atoms with Gasteiger partial charge in [0.2, 0.25) is 17.7 Å². The number of carbonyl (C=O) groups is 4. The Morgan fingerprint density at radius 3 is 2.28 bits per heavy atom. The summed E-state index contributed by atoms with van der Waals surface area (Å²) in [5.41, 5.74) is 7.46. The zero-order valence-electron chi connectivity index (χ0n) is 27.3. The molecule has 0 bridgehead atoms. The summed E-state index contributed by atoms with van der Waals surface area (Å²) in [6.45, 7) is 5.79. The molecule has 0 fully saturated rings. The number of hydrogen-bond acceptors (Lipinski definition) is 9. The molecule has 1 heterocycles. The van der Waals surface area contributed by atoms with Crippen LogP contribution in [0, 0.1) is 12.8 Å². The van der Waals surface area contributed by atoms with E-state index in [0.29, 0.717) is 42.8 Å². The molecule has 0 spiro atoms. The normalized spacial score (nSPS) is 13.0. The molecular formula is C34H45N5O7S. The molecule has 2 aromatic carbocycles. The number of rotatable bonds is 17. The Balaban J connectivity index is 1.71. The second-order valence-corrected chi connectivity index (χ2v) is 12.6. The van der Waals surface area contributed by atoms with Crippen LogP contribution in [-0.2, 0) is 25.7 Å². The van der Waals surface area contributed by atoms with Crippen LogP contribution in [0.3, 0.4) is 0 Å². The topological polar surface area (TPSA) is 182 Å². The number of aryl methyl sites for hydroxylation is 1. The standard InChI is InChI=1S/C34H45N5O7S/c1-21(2)30(39-34(44)45-20-23-10-6-5-7-11-23)33(43)38-26(12-8-9-16-35)32(42)37-27(15-17-47-4)31(41)36-24-13-14-25-22(3)18-29(40)46-28(25)19-24/h5-7,10-11,13-14,18-19,21,26-27,30H,8-9,12,15-17,20,35H2,1-4H3,(H,36,41)(H,37,42)(H,38,43)(H,39,44)/t26-,27+,30+/m1/s1. The Morgan fingerprint density at radius 2 is 1.60 bits per heavy atom. The first-order chi connectivity index (χ1) is 22.5. The number of amides is 4. The Labute approximate surface area is 278 Å². The molecular weight excluding hydrogens is 622 g/mol. The highest BCUT2D eigenvalue weighted by atomic mass is 32.2. The highest BCUT2D eigenvalue weighted by molar-refractivity contribution is 7.98. The molecule has 0 saturated heterocycles. The van der Waals surface area contributed by atoms with Gasteiger partial charge >= 0.3 is 11.7 Å². The van der Waals surface area contributed by atoms with Gasteiger partial charge in [0, 0.05) is 23.2 Å². The lowest BCUT2D eigenvalue weighted by molar-refractivity contribution is -0.132. The summed E-state index contributed by atoms with van der Waals surface area (Å²) < 4.78 is 10.6. The Hall–Kier alpha value is -4.36. The van der Waals surface area contributed by atoms with E-state index in [1.165, 1.54) is 17.8 Å². The number of alkyl carbamates (subject to hydrolysis) is 1. The van der Waals surface area contributed by atoms with E-state index in [4.69, 9.17) is 14.9 Å². The minimum atomic E-state index is -0.986. The Kier molecular flexibility index (Phi) is 14.8. The van der Waals surface area contributed by atoms with Gasteiger partial charge in [0.15, 0.2) is 0 Å². The van der Waals surface area contributed by atoms with Gasteiger partial charge in [-0.2, -0.15) is 11.8 Å². The van der Waals surface area contributed by atoms with Crippen molar-refractivity contribution in [3.05, 3.63) is 76.1 Å². The van der Waals surface area contributed by atoms with E-state index in [1.807, 2.05) is 36.6 Å². The molecule has 0 aliphatic heterocycles. The van der Waals surface area contributed by atoms with Crippen LogP contribution in [-0.4, -0.2) is 60.5 Å². The SMILES string of the molecule is CSCC[C@H](NC(=O)[C@@H](CCCCN)NC(=O)[C@@H](NC(=O)OCc1ccccc1)C(C)C)C(=O)Nc1ccc2c(C)cc(=O)oc2c1. The zero-order valence-corrected chi connectivity index (χ0v) is 28.1. The smallest absolute Gasteiger partial charge is 0.408 e. The second-order valence-electron chi connectivity index (χ2n) is 11.6. The van der Waals surface area contributed by atoms with Crippen LogP contribution in [0.25, 0.3) is 11.0 Å². The highest BCUT2D eigenvalue weighted by Gasteiger charge is 2.31. The molecule has 1 aromatic heterocycles. The van der Waals surface area contributed by atoms with Crippen molar-refractivity contribution in [1.82, 2.24) is 16.0 Å². The third-order valence-corrected chi connectivity index (χ3v) is 8.12. The molecule has 0 saturated carbocycles. The summed E-state index contributed by atoms with van der Waals surface area (Å²) in [5.74, 6) is -1.29. The van der Waals surface area contributed by atoms with Crippen molar-refractivity contribution in [1.29, 1.82) is 0 Å². The van der Waals surface area contributed by atoms with Crippen molar-refractivity contribution in [3.8, 4) is 0 Å². The molecule has 13 heteroatoms. The van der Waals surface area contributed by atoms with E-state index in [1.54, 1.807) is 39.0 Å². The Morgan fingerprint density at radius 1 is 0.894 bits per heavy atom. The number of ether oxygens (including phenoxy) is 1. The van der Waals surface area contributed by atoms with Gasteiger partial charge in [-0.25, -0.2) is 9.59 Å². The number of benzene rings is 2. The average molecular weight is 668 g/mol. The minimum Gasteiger partial charge on any atom is -0.445 e. The van der Waals surface area contributed by atoms with Crippen LogP contribution in [0.4, 0.5) is 10.5 Å². The van der Waals surface area contributed by atoms with Crippen molar-refractivity contribution in [2.45, 2.75) is 71.2 Å². The lowest BCUT2D eigenvalue weighted by Crippen LogP contribution is -2.57. The fourth-order valence-corrected chi connectivity index (χ4v) is 5.33. The predicted molar refractivity (Wildman–Crippen MR) is 184 cm³/mol. The summed E-state index contributed by atoms with van der Waals surface area (Å²) in [4.78, 5) is 64.9. The quantitative estimate of drug-likeness (QED) is 0.106. The lowest BCUT2D eigenvalue weighted by atomic mass is 10.0. The zero-order chi connectivity index (χ0) is 34.3. The first-order valence-corrected chi connectivity index (χ1v) is 17.0. The molecule has 3 atom stereocenters. The molecule has 0 unspecified atom stereocenters. The van der Waals surface area contributed by atoms with Crippen LogP contribution in [0.15, 0.2) is 63.8 Å². The highest BCUT2D eigenvalue weighted by Crippen LogP contribution is 2.21. The Bertz CT molecular complexity index is 1560. The molecule has 6 N–H and O–H groups in total. The van der Waals surface area contributed by atoms with E-state index in [-0.39, 0.29) is 18.9 Å². The summed E-state index contributed by atoms with van der Waals surface area (Å²) in [5, 5.41) is 11.7. The molecule has 0 aliphatic rings. The maximum absolute atomic E-state index is 13.6. The van der Waals surface area contributed by atoms with Crippen molar-refractivity contribution in [3.63, 3.8) is 0 Å². The number of nitrogens with one attached hydrogen (secondary N) is 4. The summed E-state index contributed by atoms with van der Waals surface area (Å²) >= 11 is 1.52. The third-order valence-electron chi connectivity index (χ3n) is 7.48. The van der Waals surface area contributed by atoms with Gasteiger partial charge < -0.3 is 36.2 Å². The van der Waals surface area contributed by atoms with Gasteiger partial charge in [0.25, 0.3) is 0 Å². The first kappa shape index (κ1) is 37.1. The van der Waals surface area contributed by atoms with E-state index < -0.39 is 47.6 Å². The van der Waals surface area contributed by atoms with Gasteiger partial charge in [0.05, 0.1) is 0 Å². The second kappa shape index (κ2) is 18.7. The molecule has 47 heavy (non-hydrogen) atoms. The summed E-state index contributed by atoms with van der Waals surface area (Å²) in [6, 6.07) is 12.7. The maximum atomic E-state index is 13.6. The number of nitrogens with two attached hydrogens (primary N) is 1. The van der Waals surface area contributed by atoms with Crippen molar-refractivity contribution in [2.75, 3.05) is 23.9 Å². The summed E-state index contributed by atoms with van der Waals surface area (Å²) in [6.07, 6.45) is 2.92. The number of hydrogen-bond donors (Lipinski definition) is 5. The van der Waals surface area contributed by atoms with Gasteiger partial charge in [-0.15, -0.1) is 0 Å². The van der Waals surface area contributed by atoms with Gasteiger partial charge in [-0.1, -0.05) is 44.2 Å². The van der Waals surface area contributed by atoms with E-state index in [9.17, 15) is 24.0 Å². The fourth-order valence-electron chi connectivity index (χ4n) is 4.86. The van der Waals surface area contributed by atoms with Crippen LogP contribution in [0.5, 0.6) is 0 Å². The van der Waals surface area contributed by atoms with Crippen LogP contribution < -0.4 is 32.6 Å². The van der Waals surface area contributed by atoms with Crippen LogP contribution in [0.2, 0.25) is 0 Å².